The van der Waals surface area contributed by atoms with Gasteiger partial charge in [0, 0.05) is 43.9 Å². The number of aromatic nitrogens is 2. The van der Waals surface area contributed by atoms with Crippen LogP contribution in [0, 0.1) is 15.5 Å². The Labute approximate surface area is 146 Å². The molecule has 22 heavy (non-hydrogen) atoms. The van der Waals surface area contributed by atoms with E-state index in [2.05, 4.69) is 52.1 Å². The summed E-state index contributed by atoms with van der Waals surface area (Å²) in [7, 11) is 0. The van der Waals surface area contributed by atoms with E-state index in [1.807, 2.05) is 0 Å². The number of nitrogens with zero attached hydrogens (tertiary/aromatic N) is 3. The van der Waals surface area contributed by atoms with Gasteiger partial charge in [-0.25, -0.2) is 4.98 Å². The minimum atomic E-state index is 0.517. The van der Waals surface area contributed by atoms with E-state index < -0.39 is 0 Å². The van der Waals surface area contributed by atoms with Crippen LogP contribution in [0.15, 0.2) is 6.20 Å². The minimum absolute atomic E-state index is 0.517. The van der Waals surface area contributed by atoms with Crippen molar-refractivity contribution in [3.63, 3.8) is 0 Å². The van der Waals surface area contributed by atoms with E-state index >= 15 is 0 Å². The molecule has 0 amide bonds. The first-order chi connectivity index (χ1) is 10.6. The van der Waals surface area contributed by atoms with E-state index in [0.717, 1.165) is 47.4 Å². The normalized spacial score (nSPS) is 35.6. The maximum absolute atomic E-state index is 5.60. The number of imidazole rings is 1. The van der Waals surface area contributed by atoms with Gasteiger partial charge in [-0.3, -0.25) is 4.90 Å². The highest BCUT2D eigenvalue weighted by Crippen LogP contribution is 2.62. The predicted molar refractivity (Wildman–Crippen MR) is 95.1 cm³/mol. The average Bonchev–Trinajstić information content (AvgIpc) is 2.90. The lowest BCUT2D eigenvalue weighted by molar-refractivity contribution is 0.128. The minimum Gasteiger partial charge on any atom is -0.380 e. The van der Waals surface area contributed by atoms with Crippen molar-refractivity contribution >= 4 is 22.6 Å². The Morgan fingerprint density at radius 3 is 2.73 bits per heavy atom. The van der Waals surface area contributed by atoms with Crippen molar-refractivity contribution in [2.75, 3.05) is 26.3 Å². The molecule has 0 radical (unpaired) electrons. The summed E-state index contributed by atoms with van der Waals surface area (Å²) >= 11 is 2.35. The molecule has 1 saturated heterocycles. The van der Waals surface area contributed by atoms with Crippen LogP contribution in [-0.2, 0) is 4.74 Å². The van der Waals surface area contributed by atoms with Gasteiger partial charge in [0.1, 0.15) is 9.53 Å². The van der Waals surface area contributed by atoms with Crippen molar-refractivity contribution in [1.82, 2.24) is 14.5 Å². The number of rotatable bonds is 3. The summed E-state index contributed by atoms with van der Waals surface area (Å²) < 4.78 is 9.25. The molecule has 122 valence electrons. The third-order valence-corrected chi connectivity index (χ3v) is 6.24. The van der Waals surface area contributed by atoms with Crippen molar-refractivity contribution in [2.45, 2.75) is 51.1 Å². The summed E-state index contributed by atoms with van der Waals surface area (Å²) in [5, 5.41) is 0. The monoisotopic (exact) mass is 415 g/mol. The van der Waals surface area contributed by atoms with E-state index in [1.165, 1.54) is 31.6 Å². The molecule has 0 spiro atoms. The Morgan fingerprint density at radius 2 is 2.00 bits per heavy atom. The third kappa shape index (κ3) is 2.73. The Hall–Kier alpha value is -0.140. The summed E-state index contributed by atoms with van der Waals surface area (Å²) in [5.74, 6) is 3.57. The summed E-state index contributed by atoms with van der Waals surface area (Å²) in [5.41, 5.74) is 0. The van der Waals surface area contributed by atoms with Crippen LogP contribution in [0.4, 0.5) is 0 Å². The van der Waals surface area contributed by atoms with Gasteiger partial charge >= 0.3 is 0 Å². The molecule has 5 heteroatoms. The second-order valence-corrected chi connectivity index (χ2v) is 8.53. The zero-order valence-corrected chi connectivity index (χ0v) is 15.7. The van der Waals surface area contributed by atoms with Gasteiger partial charge in [0.15, 0.2) is 0 Å². The van der Waals surface area contributed by atoms with E-state index in [0.29, 0.717) is 5.92 Å². The van der Waals surface area contributed by atoms with Crippen LogP contribution in [0.2, 0.25) is 0 Å². The number of fused-ring (bicyclic) bond motifs is 1. The molecule has 0 N–H and O–H groups in total. The highest BCUT2D eigenvalue weighted by molar-refractivity contribution is 14.1. The Morgan fingerprint density at radius 1 is 1.23 bits per heavy atom. The molecule has 2 aliphatic carbocycles. The number of ether oxygens (including phenoxy) is 1. The van der Waals surface area contributed by atoms with E-state index in [1.54, 1.807) is 0 Å². The molecule has 2 unspecified atom stereocenters. The van der Waals surface area contributed by atoms with Crippen molar-refractivity contribution < 1.29 is 4.74 Å². The van der Waals surface area contributed by atoms with Crippen molar-refractivity contribution in [2.24, 2.45) is 11.8 Å². The molecule has 0 aromatic carbocycles. The average molecular weight is 415 g/mol. The van der Waals surface area contributed by atoms with Crippen molar-refractivity contribution in [1.29, 1.82) is 0 Å². The summed E-state index contributed by atoms with van der Waals surface area (Å²) in [6.07, 6.45) is 6.23. The fourth-order valence-corrected chi connectivity index (χ4v) is 5.21. The van der Waals surface area contributed by atoms with Gasteiger partial charge in [-0.1, -0.05) is 13.8 Å². The van der Waals surface area contributed by atoms with Crippen molar-refractivity contribution in [3.05, 3.63) is 15.7 Å². The second kappa shape index (κ2) is 6.06. The lowest BCUT2D eigenvalue weighted by Crippen LogP contribution is -2.36. The van der Waals surface area contributed by atoms with Crippen LogP contribution in [0.5, 0.6) is 0 Å². The van der Waals surface area contributed by atoms with Gasteiger partial charge in [-0.2, -0.15) is 0 Å². The first kappa shape index (κ1) is 15.4. The molecular weight excluding hydrogens is 389 g/mol. The zero-order chi connectivity index (χ0) is 15.3. The lowest BCUT2D eigenvalue weighted by atomic mass is 10.1. The van der Waals surface area contributed by atoms with Gasteiger partial charge < -0.3 is 9.30 Å². The molecule has 3 fully saturated rings. The fraction of sp³-hybridized carbons (Fsp3) is 0.824. The highest BCUT2D eigenvalue weighted by Gasteiger charge is 2.58. The van der Waals surface area contributed by atoms with Crippen LogP contribution < -0.4 is 0 Å². The Balaban J connectivity index is 1.42. The fourth-order valence-electron chi connectivity index (χ4n) is 4.66. The Kier molecular flexibility index (Phi) is 4.24. The quantitative estimate of drug-likeness (QED) is 0.710. The third-order valence-electron chi connectivity index (χ3n) is 5.72. The zero-order valence-electron chi connectivity index (χ0n) is 13.5. The molecule has 1 aromatic rings. The Bertz CT molecular complexity index is 524. The van der Waals surface area contributed by atoms with Crippen LogP contribution >= 0.6 is 22.6 Å². The highest BCUT2D eigenvalue weighted by atomic mass is 127. The van der Waals surface area contributed by atoms with Gasteiger partial charge in [0.05, 0.1) is 6.61 Å². The summed E-state index contributed by atoms with van der Waals surface area (Å²) in [6, 6.07) is 1.53. The second-order valence-electron chi connectivity index (χ2n) is 7.43. The molecule has 1 aliphatic heterocycles. The number of halogens is 1. The van der Waals surface area contributed by atoms with Crippen LogP contribution in [0.3, 0.4) is 0 Å². The molecule has 3 aliphatic rings. The lowest BCUT2D eigenvalue weighted by Gasteiger charge is -2.29. The molecule has 4 nitrogen and oxygen atoms in total. The first-order valence-electron chi connectivity index (χ1n) is 8.71. The number of hydrogen-bond donors (Lipinski definition) is 0. The SMILES string of the molecule is CC(C)c1nc(I)cn1C1C2CC(N3CCCOCC3)CC21. The van der Waals surface area contributed by atoms with Crippen molar-refractivity contribution in [3.8, 4) is 0 Å². The first-order valence-corrected chi connectivity index (χ1v) is 9.79. The van der Waals surface area contributed by atoms with Gasteiger partial charge in [0.25, 0.3) is 0 Å². The van der Waals surface area contributed by atoms with Crippen LogP contribution in [-0.4, -0.2) is 46.8 Å². The molecule has 0 bridgehead atoms. The standard InChI is InChI=1S/C17H26IN3O/c1-11(2)17-19-15(18)10-21(17)16-13-8-12(9-14(13)16)20-4-3-6-22-7-5-20/h10-14,16H,3-9H2,1-2H3. The predicted octanol–water partition coefficient (Wildman–Crippen LogP) is 3.28. The maximum atomic E-state index is 5.60. The molecule has 2 atom stereocenters. The molecule has 2 heterocycles. The largest absolute Gasteiger partial charge is 0.380 e. The van der Waals surface area contributed by atoms with Gasteiger partial charge in [-0.15, -0.1) is 0 Å². The van der Waals surface area contributed by atoms with E-state index in [4.69, 9.17) is 9.72 Å². The van der Waals surface area contributed by atoms with Crippen LogP contribution in [0.1, 0.15) is 50.9 Å². The smallest absolute Gasteiger partial charge is 0.119 e. The van der Waals surface area contributed by atoms with E-state index in [9.17, 15) is 0 Å². The summed E-state index contributed by atoms with van der Waals surface area (Å²) in [6.45, 7) is 8.75. The molecule has 1 aromatic heterocycles. The summed E-state index contributed by atoms with van der Waals surface area (Å²) in [4.78, 5) is 7.43. The van der Waals surface area contributed by atoms with Crippen LogP contribution in [0.25, 0.3) is 0 Å². The molecule has 2 saturated carbocycles. The van der Waals surface area contributed by atoms with Gasteiger partial charge in [-0.05, 0) is 53.7 Å². The van der Waals surface area contributed by atoms with E-state index in [-0.39, 0.29) is 0 Å². The number of hydrogen-bond acceptors (Lipinski definition) is 3. The van der Waals surface area contributed by atoms with Gasteiger partial charge in [0.2, 0.25) is 0 Å². The topological polar surface area (TPSA) is 30.3 Å². The maximum Gasteiger partial charge on any atom is 0.119 e. The molecule has 4 rings (SSSR count). The molecular formula is C17H26IN3O.